The summed E-state index contributed by atoms with van der Waals surface area (Å²) in [5, 5.41) is 12.0. The van der Waals surface area contributed by atoms with E-state index >= 15 is 0 Å². The number of nitrogens with one attached hydrogen (secondary N) is 1. The van der Waals surface area contributed by atoms with Crippen molar-refractivity contribution in [3.8, 4) is 6.07 Å². The Kier molecular flexibility index (Phi) is 6.00. The van der Waals surface area contributed by atoms with Gasteiger partial charge in [0.05, 0.1) is 22.9 Å². The van der Waals surface area contributed by atoms with Gasteiger partial charge in [0.15, 0.2) is 0 Å². The van der Waals surface area contributed by atoms with E-state index in [0.717, 1.165) is 6.07 Å². The van der Waals surface area contributed by atoms with E-state index in [-0.39, 0.29) is 37.8 Å². The number of carbonyl (C=O) groups is 2. The number of amides is 2. The summed E-state index contributed by atoms with van der Waals surface area (Å²) in [4.78, 5) is 34.1. The topological polar surface area (TPSA) is 104 Å². The highest BCUT2D eigenvalue weighted by Gasteiger charge is 2.34. The van der Waals surface area contributed by atoms with Gasteiger partial charge in [0.1, 0.15) is 24.1 Å². The molecule has 2 aromatic heterocycles. The molecule has 1 aromatic carbocycles. The third kappa shape index (κ3) is 4.64. The second-order valence-corrected chi connectivity index (χ2v) is 7.61. The Hall–Kier alpha value is -3.94. The number of rotatable bonds is 5. The van der Waals surface area contributed by atoms with E-state index in [2.05, 4.69) is 21.4 Å². The molecule has 11 heteroatoms. The highest BCUT2D eigenvalue weighted by molar-refractivity contribution is 5.94. The first-order chi connectivity index (χ1) is 15.8. The Morgan fingerprint density at radius 2 is 2.03 bits per heavy atom. The SMILES string of the molecule is N#Cc1cccc2ncn(CC(=O)NCc3ccc(C(F)(F)F)nc3N3CCCCC3=O)c12. The Balaban J connectivity index is 1.55. The molecule has 0 aliphatic carbocycles. The molecule has 33 heavy (non-hydrogen) atoms. The fourth-order valence-electron chi connectivity index (χ4n) is 3.78. The highest BCUT2D eigenvalue weighted by Crippen LogP contribution is 2.31. The lowest BCUT2D eigenvalue weighted by molar-refractivity contribution is -0.141. The predicted octanol–water partition coefficient (Wildman–Crippen LogP) is 3.16. The molecular formula is C22H19F3N6O2. The van der Waals surface area contributed by atoms with Crippen molar-refractivity contribution in [1.82, 2.24) is 19.9 Å². The molecule has 8 nitrogen and oxygen atoms in total. The van der Waals surface area contributed by atoms with Crippen LogP contribution in [0.25, 0.3) is 11.0 Å². The van der Waals surface area contributed by atoms with Crippen LogP contribution in [0, 0.1) is 11.3 Å². The molecule has 3 heterocycles. The standard InChI is InChI=1S/C22H19F3N6O2/c23-22(24,25)17-8-7-15(21(29-17)31-9-2-1-6-19(31)33)11-27-18(32)12-30-13-28-16-5-3-4-14(10-26)20(16)30/h3-5,7-8,13H,1-2,6,9,11-12H2,(H,27,32). The minimum atomic E-state index is -4.66. The van der Waals surface area contributed by atoms with Crippen LogP contribution in [0.1, 0.15) is 36.1 Å². The normalized spacial score (nSPS) is 14.4. The molecule has 0 atom stereocenters. The molecular weight excluding hydrogens is 437 g/mol. The zero-order chi connectivity index (χ0) is 23.6. The van der Waals surface area contributed by atoms with Gasteiger partial charge < -0.3 is 9.88 Å². The zero-order valence-electron chi connectivity index (χ0n) is 17.4. The van der Waals surface area contributed by atoms with E-state index in [0.29, 0.717) is 35.0 Å². The minimum absolute atomic E-state index is 0.0883. The fraction of sp³-hybridized carbons (Fsp3) is 0.318. The molecule has 3 aromatic rings. The lowest BCUT2D eigenvalue weighted by Crippen LogP contribution is -2.37. The van der Waals surface area contributed by atoms with Crippen molar-refractivity contribution in [3.63, 3.8) is 0 Å². The van der Waals surface area contributed by atoms with Gasteiger partial charge in [-0.2, -0.15) is 18.4 Å². The third-order valence-electron chi connectivity index (χ3n) is 5.37. The quantitative estimate of drug-likeness (QED) is 0.635. The number of carbonyl (C=O) groups excluding carboxylic acids is 2. The fourth-order valence-corrected chi connectivity index (χ4v) is 3.78. The molecule has 1 aliphatic rings. The number of halogens is 3. The average Bonchev–Trinajstić information content (AvgIpc) is 3.20. The highest BCUT2D eigenvalue weighted by atomic mass is 19.4. The lowest BCUT2D eigenvalue weighted by Gasteiger charge is -2.28. The molecule has 0 saturated carbocycles. The zero-order valence-corrected chi connectivity index (χ0v) is 17.4. The first-order valence-electron chi connectivity index (χ1n) is 10.3. The van der Waals surface area contributed by atoms with Crippen LogP contribution in [0.5, 0.6) is 0 Å². The smallest absolute Gasteiger partial charge is 0.350 e. The van der Waals surface area contributed by atoms with Crippen LogP contribution in [0.4, 0.5) is 19.0 Å². The molecule has 170 valence electrons. The summed E-state index contributed by atoms with van der Waals surface area (Å²) in [7, 11) is 0. The second kappa shape index (κ2) is 8.90. The van der Waals surface area contributed by atoms with Crippen LogP contribution < -0.4 is 10.2 Å². The third-order valence-corrected chi connectivity index (χ3v) is 5.37. The van der Waals surface area contributed by atoms with Gasteiger partial charge in [-0.3, -0.25) is 14.5 Å². The predicted molar refractivity (Wildman–Crippen MR) is 112 cm³/mol. The molecule has 1 N–H and O–H groups in total. The number of anilines is 1. The van der Waals surface area contributed by atoms with E-state index in [9.17, 15) is 28.0 Å². The molecule has 1 aliphatic heterocycles. The maximum Gasteiger partial charge on any atom is 0.433 e. The Labute approximate surface area is 186 Å². The lowest BCUT2D eigenvalue weighted by atomic mass is 10.1. The van der Waals surface area contributed by atoms with Crippen LogP contribution in [-0.4, -0.2) is 32.9 Å². The van der Waals surface area contributed by atoms with E-state index in [1.165, 1.54) is 21.9 Å². The van der Waals surface area contributed by atoms with Crippen molar-refractivity contribution in [3.05, 3.63) is 53.5 Å². The summed E-state index contributed by atoms with van der Waals surface area (Å²) >= 11 is 0. The number of alkyl halides is 3. The first kappa shape index (κ1) is 22.3. The van der Waals surface area contributed by atoms with Gasteiger partial charge in [-0.05, 0) is 31.0 Å². The number of nitrogens with zero attached hydrogens (tertiary/aromatic N) is 5. The summed E-state index contributed by atoms with van der Waals surface area (Å²) in [5.74, 6) is -0.817. The van der Waals surface area contributed by atoms with Crippen molar-refractivity contribution in [1.29, 1.82) is 5.26 Å². The van der Waals surface area contributed by atoms with Crippen molar-refractivity contribution >= 4 is 28.7 Å². The van der Waals surface area contributed by atoms with E-state index in [1.54, 1.807) is 18.2 Å². The van der Waals surface area contributed by atoms with Crippen LogP contribution >= 0.6 is 0 Å². The molecule has 0 bridgehead atoms. The van der Waals surface area contributed by atoms with Crippen molar-refractivity contribution in [2.75, 3.05) is 11.4 Å². The number of benzene rings is 1. The van der Waals surface area contributed by atoms with Gasteiger partial charge in [0.2, 0.25) is 11.8 Å². The van der Waals surface area contributed by atoms with Gasteiger partial charge in [-0.15, -0.1) is 0 Å². The Morgan fingerprint density at radius 1 is 1.21 bits per heavy atom. The average molecular weight is 456 g/mol. The number of piperidine rings is 1. The molecule has 2 amide bonds. The number of aromatic nitrogens is 3. The van der Waals surface area contributed by atoms with Crippen LogP contribution in [0.2, 0.25) is 0 Å². The van der Waals surface area contributed by atoms with Gasteiger partial charge in [0, 0.05) is 25.1 Å². The molecule has 1 fully saturated rings. The molecule has 4 rings (SSSR count). The number of fused-ring (bicyclic) bond motifs is 1. The van der Waals surface area contributed by atoms with Gasteiger partial charge in [0.25, 0.3) is 0 Å². The van der Waals surface area contributed by atoms with Crippen molar-refractivity contribution < 1.29 is 22.8 Å². The van der Waals surface area contributed by atoms with E-state index < -0.39 is 17.8 Å². The maximum absolute atomic E-state index is 13.2. The van der Waals surface area contributed by atoms with E-state index in [4.69, 9.17) is 0 Å². The summed E-state index contributed by atoms with van der Waals surface area (Å²) in [6.07, 6.45) is -1.65. The molecule has 0 spiro atoms. The molecule has 0 radical (unpaired) electrons. The second-order valence-electron chi connectivity index (χ2n) is 7.61. The maximum atomic E-state index is 13.2. The number of hydrogen-bond donors (Lipinski definition) is 1. The van der Waals surface area contributed by atoms with Crippen LogP contribution in [0.15, 0.2) is 36.7 Å². The number of nitriles is 1. The van der Waals surface area contributed by atoms with E-state index in [1.807, 2.05) is 0 Å². The molecule has 1 saturated heterocycles. The van der Waals surface area contributed by atoms with Crippen molar-refractivity contribution in [2.24, 2.45) is 0 Å². The monoisotopic (exact) mass is 456 g/mol. The summed E-state index contributed by atoms with van der Waals surface area (Å²) < 4.78 is 41.2. The number of pyridine rings is 1. The Morgan fingerprint density at radius 3 is 2.76 bits per heavy atom. The number of para-hydroxylation sites is 1. The summed E-state index contributed by atoms with van der Waals surface area (Å²) in [6.45, 7) is 0.0219. The van der Waals surface area contributed by atoms with Crippen LogP contribution in [0.3, 0.4) is 0 Å². The Bertz CT molecular complexity index is 1260. The van der Waals surface area contributed by atoms with Crippen molar-refractivity contribution in [2.45, 2.75) is 38.5 Å². The summed E-state index contributed by atoms with van der Waals surface area (Å²) in [6, 6.07) is 9.16. The largest absolute Gasteiger partial charge is 0.433 e. The van der Waals surface area contributed by atoms with Gasteiger partial charge >= 0.3 is 6.18 Å². The van der Waals surface area contributed by atoms with Crippen LogP contribution in [-0.2, 0) is 28.9 Å². The molecule has 0 unspecified atom stereocenters. The van der Waals surface area contributed by atoms with Gasteiger partial charge in [-0.25, -0.2) is 9.97 Å². The van der Waals surface area contributed by atoms with Gasteiger partial charge in [-0.1, -0.05) is 12.1 Å². The number of hydrogen-bond acceptors (Lipinski definition) is 5. The first-order valence-corrected chi connectivity index (χ1v) is 10.3. The number of imidazole rings is 1. The summed E-state index contributed by atoms with van der Waals surface area (Å²) in [5.41, 5.74) is 0.668. The minimum Gasteiger partial charge on any atom is -0.350 e.